The molecule has 0 aromatic carbocycles. The van der Waals surface area contributed by atoms with E-state index < -0.39 is 6.43 Å². The van der Waals surface area contributed by atoms with Gasteiger partial charge < -0.3 is 5.32 Å². The molecule has 0 amide bonds. The Balaban J connectivity index is 2.92. The van der Waals surface area contributed by atoms with Crippen molar-refractivity contribution >= 4 is 0 Å². The van der Waals surface area contributed by atoms with Crippen LogP contribution in [0.2, 0.25) is 0 Å². The molecule has 1 heterocycles. The Hall–Kier alpha value is -1.03. The third-order valence-electron chi connectivity index (χ3n) is 1.50. The average molecular weight is 172 g/mol. The van der Waals surface area contributed by atoms with Gasteiger partial charge in [-0.15, -0.1) is 0 Å². The molecule has 0 saturated carbocycles. The highest BCUT2D eigenvalue weighted by molar-refractivity contribution is 5.20. The molecule has 0 spiro atoms. The van der Waals surface area contributed by atoms with Crippen LogP contribution in [0.25, 0.3) is 0 Å². The fourth-order valence-electron chi connectivity index (χ4n) is 0.987. The molecule has 4 heteroatoms. The molecule has 0 bridgehead atoms. The molecule has 0 atom stereocenters. The van der Waals surface area contributed by atoms with E-state index in [1.165, 1.54) is 6.20 Å². The maximum absolute atomic E-state index is 12.3. The van der Waals surface area contributed by atoms with Crippen LogP contribution in [-0.4, -0.2) is 12.0 Å². The molecule has 1 aromatic heterocycles. The lowest BCUT2D eigenvalue weighted by molar-refractivity contribution is 0.144. The predicted octanol–water partition coefficient (Wildman–Crippen LogP) is 1.74. The van der Waals surface area contributed by atoms with Gasteiger partial charge in [-0.25, -0.2) is 8.78 Å². The molecule has 12 heavy (non-hydrogen) atoms. The summed E-state index contributed by atoms with van der Waals surface area (Å²) in [5, 5.41) is 2.81. The van der Waals surface area contributed by atoms with Gasteiger partial charge in [0.1, 0.15) is 5.69 Å². The van der Waals surface area contributed by atoms with Crippen molar-refractivity contribution in [1.82, 2.24) is 10.3 Å². The number of hydrogen-bond donors (Lipinski definition) is 1. The van der Waals surface area contributed by atoms with Gasteiger partial charge in [0.2, 0.25) is 0 Å². The van der Waals surface area contributed by atoms with Gasteiger partial charge in [0.15, 0.2) is 0 Å². The molecule has 0 aliphatic carbocycles. The summed E-state index contributed by atoms with van der Waals surface area (Å²) in [4.78, 5) is 3.61. The zero-order valence-corrected chi connectivity index (χ0v) is 6.72. The van der Waals surface area contributed by atoms with Crippen LogP contribution < -0.4 is 5.32 Å². The topological polar surface area (TPSA) is 24.9 Å². The monoisotopic (exact) mass is 172 g/mol. The van der Waals surface area contributed by atoms with Crippen LogP contribution in [-0.2, 0) is 6.54 Å². The number of halogens is 2. The van der Waals surface area contributed by atoms with E-state index in [1.54, 1.807) is 19.2 Å². The number of alkyl halides is 2. The van der Waals surface area contributed by atoms with Crippen LogP contribution >= 0.6 is 0 Å². The van der Waals surface area contributed by atoms with Crippen LogP contribution in [0.3, 0.4) is 0 Å². The van der Waals surface area contributed by atoms with Crippen LogP contribution in [0.15, 0.2) is 18.3 Å². The molecular formula is C8H10F2N2. The van der Waals surface area contributed by atoms with E-state index in [0.717, 1.165) is 0 Å². The highest BCUT2D eigenvalue weighted by atomic mass is 19.3. The summed E-state index contributed by atoms with van der Waals surface area (Å²) in [6.07, 6.45) is -1.12. The standard InChI is InChI=1S/C8H10F2N2/c1-11-5-6-3-2-4-12-7(6)8(9)10/h2-4,8,11H,5H2,1H3. The molecule has 2 nitrogen and oxygen atoms in total. The zero-order valence-electron chi connectivity index (χ0n) is 6.72. The maximum Gasteiger partial charge on any atom is 0.280 e. The average Bonchev–Trinajstić information content (AvgIpc) is 2.05. The number of rotatable bonds is 3. The molecule has 0 radical (unpaired) electrons. The van der Waals surface area contributed by atoms with Gasteiger partial charge >= 0.3 is 0 Å². The van der Waals surface area contributed by atoms with E-state index in [2.05, 4.69) is 10.3 Å². The number of aromatic nitrogens is 1. The summed E-state index contributed by atoms with van der Waals surface area (Å²) in [5.41, 5.74) is 0.418. The van der Waals surface area contributed by atoms with Gasteiger partial charge in [0.25, 0.3) is 6.43 Å². The van der Waals surface area contributed by atoms with E-state index in [1.807, 2.05) is 0 Å². The van der Waals surface area contributed by atoms with E-state index in [9.17, 15) is 8.78 Å². The van der Waals surface area contributed by atoms with Crippen LogP contribution in [0.1, 0.15) is 17.7 Å². The van der Waals surface area contributed by atoms with E-state index >= 15 is 0 Å². The van der Waals surface area contributed by atoms with Crippen molar-refractivity contribution in [3.8, 4) is 0 Å². The second-order valence-electron chi connectivity index (χ2n) is 2.38. The van der Waals surface area contributed by atoms with E-state index in [0.29, 0.717) is 12.1 Å². The first-order valence-electron chi connectivity index (χ1n) is 3.62. The molecule has 0 aliphatic heterocycles. The van der Waals surface area contributed by atoms with Crippen molar-refractivity contribution in [1.29, 1.82) is 0 Å². The summed E-state index contributed by atoms with van der Waals surface area (Å²) in [6, 6.07) is 3.30. The van der Waals surface area contributed by atoms with Crippen LogP contribution in [0, 0.1) is 0 Å². The maximum atomic E-state index is 12.3. The molecule has 66 valence electrons. The Bertz CT molecular complexity index is 251. The third-order valence-corrected chi connectivity index (χ3v) is 1.50. The van der Waals surface area contributed by atoms with Gasteiger partial charge in [0, 0.05) is 12.7 Å². The minimum absolute atomic E-state index is 0.133. The van der Waals surface area contributed by atoms with Crippen molar-refractivity contribution in [3.63, 3.8) is 0 Å². The SMILES string of the molecule is CNCc1cccnc1C(F)F. The van der Waals surface area contributed by atoms with Crippen molar-refractivity contribution in [2.45, 2.75) is 13.0 Å². The lowest BCUT2D eigenvalue weighted by Gasteiger charge is -2.05. The number of nitrogens with one attached hydrogen (secondary N) is 1. The number of nitrogens with zero attached hydrogens (tertiary/aromatic N) is 1. The van der Waals surface area contributed by atoms with Crippen molar-refractivity contribution < 1.29 is 8.78 Å². The van der Waals surface area contributed by atoms with Gasteiger partial charge in [-0.3, -0.25) is 4.98 Å². The van der Waals surface area contributed by atoms with Crippen LogP contribution in [0.5, 0.6) is 0 Å². The normalized spacial score (nSPS) is 10.7. The fraction of sp³-hybridized carbons (Fsp3) is 0.375. The first kappa shape index (κ1) is 9.06. The number of hydrogen-bond acceptors (Lipinski definition) is 2. The van der Waals surface area contributed by atoms with Crippen molar-refractivity contribution in [2.24, 2.45) is 0 Å². The molecular weight excluding hydrogens is 162 g/mol. The third kappa shape index (κ3) is 1.98. The fourth-order valence-corrected chi connectivity index (χ4v) is 0.987. The minimum atomic E-state index is -2.49. The Morgan fingerprint density at radius 2 is 2.33 bits per heavy atom. The molecule has 0 unspecified atom stereocenters. The number of pyridine rings is 1. The Morgan fingerprint density at radius 3 is 2.92 bits per heavy atom. The summed E-state index contributed by atoms with van der Waals surface area (Å²) in [5.74, 6) is 0. The van der Waals surface area contributed by atoms with Gasteiger partial charge in [-0.05, 0) is 18.7 Å². The van der Waals surface area contributed by atoms with Gasteiger partial charge in [-0.1, -0.05) is 6.07 Å². The molecule has 1 aromatic rings. The Labute approximate surface area is 69.6 Å². The molecule has 0 fully saturated rings. The second kappa shape index (κ2) is 4.11. The molecule has 0 saturated heterocycles. The van der Waals surface area contributed by atoms with E-state index in [-0.39, 0.29) is 5.69 Å². The Morgan fingerprint density at radius 1 is 1.58 bits per heavy atom. The quantitative estimate of drug-likeness (QED) is 0.751. The first-order chi connectivity index (χ1) is 5.75. The van der Waals surface area contributed by atoms with Gasteiger partial charge in [-0.2, -0.15) is 0 Å². The largest absolute Gasteiger partial charge is 0.316 e. The van der Waals surface area contributed by atoms with Gasteiger partial charge in [0.05, 0.1) is 0 Å². The minimum Gasteiger partial charge on any atom is -0.316 e. The smallest absolute Gasteiger partial charge is 0.280 e. The molecule has 0 aliphatic rings. The van der Waals surface area contributed by atoms with Crippen LogP contribution in [0.4, 0.5) is 8.78 Å². The van der Waals surface area contributed by atoms with E-state index in [4.69, 9.17) is 0 Å². The summed E-state index contributed by atoms with van der Waals surface area (Å²) < 4.78 is 24.5. The Kier molecular flexibility index (Phi) is 3.10. The molecule has 1 N–H and O–H groups in total. The van der Waals surface area contributed by atoms with Crippen molar-refractivity contribution in [2.75, 3.05) is 7.05 Å². The van der Waals surface area contributed by atoms with Crippen molar-refractivity contribution in [3.05, 3.63) is 29.6 Å². The predicted molar refractivity (Wildman–Crippen MR) is 42.0 cm³/mol. The molecule has 1 rings (SSSR count). The lowest BCUT2D eigenvalue weighted by Crippen LogP contribution is -2.08. The lowest BCUT2D eigenvalue weighted by atomic mass is 10.2. The first-order valence-corrected chi connectivity index (χ1v) is 3.62. The highest BCUT2D eigenvalue weighted by Gasteiger charge is 2.12. The summed E-state index contributed by atoms with van der Waals surface area (Å²) in [7, 11) is 1.71. The summed E-state index contributed by atoms with van der Waals surface area (Å²) >= 11 is 0. The summed E-state index contributed by atoms with van der Waals surface area (Å²) in [6.45, 7) is 0.424. The highest BCUT2D eigenvalue weighted by Crippen LogP contribution is 2.19. The zero-order chi connectivity index (χ0) is 8.97. The second-order valence-corrected chi connectivity index (χ2v) is 2.38.